The lowest BCUT2D eigenvalue weighted by atomic mass is 10.1. The van der Waals surface area contributed by atoms with Crippen LogP contribution in [0, 0.1) is 0 Å². The number of nitrogens with zero attached hydrogens (tertiary/aromatic N) is 1. The Hall–Kier alpha value is -1.87. The number of ether oxygens (including phenoxy) is 1. The molecule has 19 heavy (non-hydrogen) atoms. The topological polar surface area (TPSA) is 39.2 Å². The predicted octanol–water partition coefficient (Wildman–Crippen LogP) is 3.85. The molecule has 0 spiro atoms. The van der Waals surface area contributed by atoms with E-state index in [4.69, 9.17) is 16.3 Å². The van der Waals surface area contributed by atoms with Crippen LogP contribution in [-0.2, 0) is 9.53 Å². The van der Waals surface area contributed by atoms with Crippen molar-refractivity contribution in [3.8, 4) is 0 Å². The van der Waals surface area contributed by atoms with E-state index in [9.17, 15) is 4.79 Å². The number of fused-ring (bicyclic) bond motifs is 1. The standard InChI is InChI=1S/C15H14ClNO2/c1-3-19-15(18)10(2)9-11-6-7-13(16)12-5-4-8-17-14(11)12/h4-9H,3H2,1-2H3/b10-9+. The lowest BCUT2D eigenvalue weighted by Gasteiger charge is -2.05. The first-order valence-electron chi connectivity index (χ1n) is 6.02. The van der Waals surface area contributed by atoms with Crippen molar-refractivity contribution in [1.29, 1.82) is 0 Å². The van der Waals surface area contributed by atoms with Crippen LogP contribution in [0.25, 0.3) is 17.0 Å². The Balaban J connectivity index is 2.49. The minimum atomic E-state index is -0.318. The van der Waals surface area contributed by atoms with E-state index in [1.54, 1.807) is 32.2 Å². The zero-order valence-electron chi connectivity index (χ0n) is 10.8. The number of hydrogen-bond donors (Lipinski definition) is 0. The van der Waals surface area contributed by atoms with Crippen LogP contribution in [-0.4, -0.2) is 17.6 Å². The van der Waals surface area contributed by atoms with Gasteiger partial charge in [0.1, 0.15) is 0 Å². The first-order valence-corrected chi connectivity index (χ1v) is 6.40. The molecule has 4 heteroatoms. The van der Waals surface area contributed by atoms with Gasteiger partial charge in [0.15, 0.2) is 0 Å². The Morgan fingerprint density at radius 2 is 2.21 bits per heavy atom. The third-order valence-electron chi connectivity index (χ3n) is 2.72. The highest BCUT2D eigenvalue weighted by Crippen LogP contribution is 2.26. The van der Waals surface area contributed by atoms with Crippen molar-refractivity contribution in [3.63, 3.8) is 0 Å². The molecule has 0 aliphatic heterocycles. The zero-order chi connectivity index (χ0) is 13.8. The van der Waals surface area contributed by atoms with Crippen molar-refractivity contribution in [2.45, 2.75) is 13.8 Å². The third kappa shape index (κ3) is 2.93. The van der Waals surface area contributed by atoms with Crippen molar-refractivity contribution in [3.05, 3.63) is 46.6 Å². The average Bonchev–Trinajstić information content (AvgIpc) is 2.42. The maximum atomic E-state index is 11.6. The van der Waals surface area contributed by atoms with E-state index in [0.29, 0.717) is 17.2 Å². The Morgan fingerprint density at radius 1 is 1.42 bits per heavy atom. The summed E-state index contributed by atoms with van der Waals surface area (Å²) in [5, 5.41) is 1.52. The van der Waals surface area contributed by atoms with Gasteiger partial charge in [0.05, 0.1) is 17.1 Å². The molecule has 1 heterocycles. The number of halogens is 1. The molecule has 98 valence electrons. The van der Waals surface area contributed by atoms with Gasteiger partial charge in [-0.05, 0) is 38.1 Å². The van der Waals surface area contributed by atoms with Crippen molar-refractivity contribution >= 4 is 34.5 Å². The second kappa shape index (κ2) is 5.85. The smallest absolute Gasteiger partial charge is 0.333 e. The average molecular weight is 276 g/mol. The Labute approximate surface area is 116 Å². The Morgan fingerprint density at radius 3 is 2.95 bits per heavy atom. The molecular formula is C15H14ClNO2. The van der Waals surface area contributed by atoms with Crippen molar-refractivity contribution < 1.29 is 9.53 Å². The molecule has 1 aromatic carbocycles. The number of carbonyl (C=O) groups is 1. The molecule has 0 unspecified atom stereocenters. The molecule has 0 saturated heterocycles. The lowest BCUT2D eigenvalue weighted by Crippen LogP contribution is -2.04. The van der Waals surface area contributed by atoms with Gasteiger partial charge in [-0.3, -0.25) is 4.98 Å². The lowest BCUT2D eigenvalue weighted by molar-refractivity contribution is -0.138. The summed E-state index contributed by atoms with van der Waals surface area (Å²) in [5.41, 5.74) is 2.17. The summed E-state index contributed by atoms with van der Waals surface area (Å²) >= 11 is 6.13. The van der Waals surface area contributed by atoms with Crippen molar-refractivity contribution in [2.75, 3.05) is 6.61 Å². The molecule has 0 fully saturated rings. The molecular weight excluding hydrogens is 262 g/mol. The second-order valence-corrected chi connectivity index (χ2v) is 4.49. The van der Waals surface area contributed by atoms with E-state index >= 15 is 0 Å². The van der Waals surface area contributed by atoms with E-state index in [2.05, 4.69) is 4.98 Å². The second-order valence-electron chi connectivity index (χ2n) is 4.08. The quantitative estimate of drug-likeness (QED) is 0.631. The minimum Gasteiger partial charge on any atom is -0.463 e. The fourth-order valence-corrected chi connectivity index (χ4v) is 2.03. The van der Waals surface area contributed by atoms with Crippen LogP contribution in [0.2, 0.25) is 5.02 Å². The minimum absolute atomic E-state index is 0.318. The Bertz CT molecular complexity index is 650. The molecule has 0 amide bonds. The summed E-state index contributed by atoms with van der Waals surface area (Å²) in [5.74, 6) is -0.318. The van der Waals surface area contributed by atoms with Crippen LogP contribution >= 0.6 is 11.6 Å². The fourth-order valence-electron chi connectivity index (χ4n) is 1.81. The molecule has 0 aliphatic rings. The predicted molar refractivity (Wildman–Crippen MR) is 77.0 cm³/mol. The van der Waals surface area contributed by atoms with Crippen molar-refractivity contribution in [2.24, 2.45) is 0 Å². The van der Waals surface area contributed by atoms with Crippen LogP contribution in [0.4, 0.5) is 0 Å². The monoisotopic (exact) mass is 275 g/mol. The highest BCUT2D eigenvalue weighted by Gasteiger charge is 2.08. The molecule has 0 aliphatic carbocycles. The van der Waals surface area contributed by atoms with Crippen molar-refractivity contribution in [1.82, 2.24) is 4.98 Å². The van der Waals surface area contributed by atoms with Gasteiger partial charge in [-0.15, -0.1) is 0 Å². The summed E-state index contributed by atoms with van der Waals surface area (Å²) in [6.45, 7) is 3.87. The molecule has 0 saturated carbocycles. The van der Waals surface area contributed by atoms with E-state index in [1.807, 2.05) is 18.2 Å². The number of benzene rings is 1. The van der Waals surface area contributed by atoms with Gasteiger partial charge < -0.3 is 4.74 Å². The third-order valence-corrected chi connectivity index (χ3v) is 3.05. The molecule has 2 rings (SSSR count). The summed E-state index contributed by atoms with van der Waals surface area (Å²) in [4.78, 5) is 15.9. The highest BCUT2D eigenvalue weighted by atomic mass is 35.5. The number of aromatic nitrogens is 1. The van der Waals surface area contributed by atoms with Gasteiger partial charge in [0.2, 0.25) is 0 Å². The molecule has 0 atom stereocenters. The van der Waals surface area contributed by atoms with E-state index in [0.717, 1.165) is 16.5 Å². The summed E-state index contributed by atoms with van der Waals surface area (Å²) in [6.07, 6.45) is 3.47. The van der Waals surface area contributed by atoms with E-state index < -0.39 is 0 Å². The van der Waals surface area contributed by atoms with Gasteiger partial charge in [0.25, 0.3) is 0 Å². The van der Waals surface area contributed by atoms with Gasteiger partial charge in [0, 0.05) is 22.7 Å². The number of pyridine rings is 1. The maximum Gasteiger partial charge on any atom is 0.333 e. The van der Waals surface area contributed by atoms with Gasteiger partial charge in [-0.25, -0.2) is 4.79 Å². The van der Waals surface area contributed by atoms with Crippen LogP contribution in [0.15, 0.2) is 36.0 Å². The van der Waals surface area contributed by atoms with Crippen LogP contribution in [0.3, 0.4) is 0 Å². The number of carbonyl (C=O) groups excluding carboxylic acids is 1. The summed E-state index contributed by atoms with van der Waals surface area (Å²) in [7, 11) is 0. The van der Waals surface area contributed by atoms with Crippen LogP contribution in [0.5, 0.6) is 0 Å². The first-order chi connectivity index (χ1) is 9.13. The number of esters is 1. The Kier molecular flexibility index (Phi) is 4.17. The molecule has 0 radical (unpaired) electrons. The van der Waals surface area contributed by atoms with Crippen LogP contribution in [0.1, 0.15) is 19.4 Å². The SMILES string of the molecule is CCOC(=O)/C(C)=C/c1ccc(Cl)c2cccnc12. The fraction of sp³-hybridized carbons (Fsp3) is 0.200. The first kappa shape index (κ1) is 13.6. The molecule has 2 aromatic rings. The highest BCUT2D eigenvalue weighted by molar-refractivity contribution is 6.35. The molecule has 1 aromatic heterocycles. The van der Waals surface area contributed by atoms with Gasteiger partial charge >= 0.3 is 5.97 Å². The zero-order valence-corrected chi connectivity index (χ0v) is 11.6. The maximum absolute atomic E-state index is 11.6. The number of rotatable bonds is 3. The van der Waals surface area contributed by atoms with Gasteiger partial charge in [-0.1, -0.05) is 17.7 Å². The summed E-state index contributed by atoms with van der Waals surface area (Å²) < 4.78 is 4.96. The molecule has 3 nitrogen and oxygen atoms in total. The normalized spacial score (nSPS) is 11.6. The molecule has 0 N–H and O–H groups in total. The van der Waals surface area contributed by atoms with Crippen LogP contribution < -0.4 is 0 Å². The summed E-state index contributed by atoms with van der Waals surface area (Å²) in [6, 6.07) is 7.39. The molecule has 0 bridgehead atoms. The largest absolute Gasteiger partial charge is 0.463 e. The van der Waals surface area contributed by atoms with E-state index in [1.165, 1.54) is 0 Å². The number of hydrogen-bond acceptors (Lipinski definition) is 3. The van der Waals surface area contributed by atoms with E-state index in [-0.39, 0.29) is 5.97 Å². The van der Waals surface area contributed by atoms with Gasteiger partial charge in [-0.2, -0.15) is 0 Å².